The Labute approximate surface area is 198 Å². The van der Waals surface area contributed by atoms with Gasteiger partial charge in [0.15, 0.2) is 5.69 Å². The zero-order valence-corrected chi connectivity index (χ0v) is 19.7. The topological polar surface area (TPSA) is 93.5 Å². The number of imidazole rings is 1. The highest BCUT2D eigenvalue weighted by Gasteiger charge is 2.49. The summed E-state index contributed by atoms with van der Waals surface area (Å²) >= 11 is 6.39. The zero-order chi connectivity index (χ0) is 23.6. The summed E-state index contributed by atoms with van der Waals surface area (Å²) in [6.07, 6.45) is 7.80. The highest BCUT2D eigenvalue weighted by atomic mass is 35.5. The van der Waals surface area contributed by atoms with Crippen LogP contribution in [0.3, 0.4) is 0 Å². The van der Waals surface area contributed by atoms with Crippen LogP contribution in [0.1, 0.15) is 72.0 Å². The van der Waals surface area contributed by atoms with Crippen LogP contribution in [0.15, 0.2) is 30.6 Å². The van der Waals surface area contributed by atoms with Crippen LogP contribution >= 0.6 is 11.6 Å². The number of carbonyl (C=O) groups is 3. The molecule has 0 bridgehead atoms. The Morgan fingerprint density at radius 3 is 2.58 bits per heavy atom. The van der Waals surface area contributed by atoms with Gasteiger partial charge in [-0.1, -0.05) is 55.5 Å². The number of rotatable bonds is 5. The Morgan fingerprint density at radius 1 is 1.21 bits per heavy atom. The van der Waals surface area contributed by atoms with Crippen molar-refractivity contribution in [3.63, 3.8) is 0 Å². The number of esters is 1. The molecule has 0 unspecified atom stereocenters. The number of aromatic nitrogens is 2. The molecule has 9 heteroatoms. The number of ether oxygens (including phenoxy) is 1. The molecular formula is C24H29ClN4O4. The number of nitrogens with zero attached hydrogens (tertiary/aromatic N) is 3. The molecule has 2 amide bonds. The second-order valence-electron chi connectivity index (χ2n) is 8.98. The SMILES string of the molecule is COC(=O)c1ncn2c1C(=O)N(Cc1ccccc1Cl)[C@@](C)(C(=O)NC1CCCCCC1)C2. The van der Waals surface area contributed by atoms with Crippen molar-refractivity contribution in [3.8, 4) is 0 Å². The van der Waals surface area contributed by atoms with E-state index in [1.54, 1.807) is 17.6 Å². The summed E-state index contributed by atoms with van der Waals surface area (Å²) in [7, 11) is 1.24. The third-order valence-corrected chi connectivity index (χ3v) is 7.07. The number of hydrogen-bond acceptors (Lipinski definition) is 5. The van der Waals surface area contributed by atoms with Crippen molar-refractivity contribution in [1.29, 1.82) is 0 Å². The van der Waals surface area contributed by atoms with Gasteiger partial charge >= 0.3 is 5.97 Å². The lowest BCUT2D eigenvalue weighted by Crippen LogP contribution is -2.64. The van der Waals surface area contributed by atoms with E-state index < -0.39 is 17.4 Å². The Bertz CT molecular complexity index is 1060. The van der Waals surface area contributed by atoms with Gasteiger partial charge in [-0.3, -0.25) is 9.59 Å². The predicted molar refractivity (Wildman–Crippen MR) is 123 cm³/mol. The average molecular weight is 473 g/mol. The van der Waals surface area contributed by atoms with Gasteiger partial charge in [0.25, 0.3) is 5.91 Å². The smallest absolute Gasteiger partial charge is 0.359 e. The molecule has 33 heavy (non-hydrogen) atoms. The lowest BCUT2D eigenvalue weighted by Gasteiger charge is -2.44. The fourth-order valence-electron chi connectivity index (χ4n) is 4.74. The highest BCUT2D eigenvalue weighted by Crippen LogP contribution is 2.32. The summed E-state index contributed by atoms with van der Waals surface area (Å²) < 4.78 is 6.38. The monoisotopic (exact) mass is 472 g/mol. The number of fused-ring (bicyclic) bond motifs is 1. The van der Waals surface area contributed by atoms with E-state index in [1.165, 1.54) is 31.2 Å². The summed E-state index contributed by atoms with van der Waals surface area (Å²) in [6, 6.07) is 7.31. The second kappa shape index (κ2) is 9.55. The van der Waals surface area contributed by atoms with Crippen molar-refractivity contribution in [3.05, 3.63) is 52.6 Å². The molecular weight excluding hydrogens is 444 g/mol. The lowest BCUT2D eigenvalue weighted by molar-refractivity contribution is -0.134. The van der Waals surface area contributed by atoms with E-state index >= 15 is 0 Å². The number of carbonyl (C=O) groups excluding carboxylic acids is 3. The number of nitrogens with one attached hydrogen (secondary N) is 1. The van der Waals surface area contributed by atoms with Crippen molar-refractivity contribution in [2.75, 3.05) is 7.11 Å². The molecule has 1 fully saturated rings. The van der Waals surface area contributed by atoms with Crippen LogP contribution in [0, 0.1) is 0 Å². The van der Waals surface area contributed by atoms with Gasteiger partial charge in [0, 0.05) is 17.6 Å². The van der Waals surface area contributed by atoms with E-state index in [0.717, 1.165) is 25.7 Å². The summed E-state index contributed by atoms with van der Waals surface area (Å²) in [5.74, 6) is -1.37. The molecule has 1 N–H and O–H groups in total. The first-order chi connectivity index (χ1) is 15.8. The van der Waals surface area contributed by atoms with Gasteiger partial charge in [0.05, 0.1) is 20.0 Å². The number of benzene rings is 1. The minimum absolute atomic E-state index is 0.0575. The molecule has 8 nitrogen and oxygen atoms in total. The van der Waals surface area contributed by atoms with E-state index in [2.05, 4.69) is 10.3 Å². The van der Waals surface area contributed by atoms with Gasteiger partial charge in [0.1, 0.15) is 11.2 Å². The van der Waals surface area contributed by atoms with E-state index in [0.29, 0.717) is 10.6 Å². The molecule has 0 radical (unpaired) electrons. The summed E-state index contributed by atoms with van der Waals surface area (Å²) in [5.41, 5.74) is -0.413. The predicted octanol–water partition coefficient (Wildman–Crippen LogP) is 3.58. The summed E-state index contributed by atoms with van der Waals surface area (Å²) in [5, 5.41) is 3.70. The van der Waals surface area contributed by atoms with Gasteiger partial charge < -0.3 is 19.5 Å². The van der Waals surface area contributed by atoms with Crippen molar-refractivity contribution in [1.82, 2.24) is 19.8 Å². The lowest BCUT2D eigenvalue weighted by atomic mass is 9.92. The standard InChI is InChI=1S/C24H29ClN4O4/c1-24(23(32)27-17-10-5-3-4-6-11-17)14-28-15-26-19(22(31)33-2)20(28)21(30)29(24)13-16-9-7-8-12-18(16)25/h7-9,12,15,17H,3-6,10-11,13-14H2,1-2H3,(H,27,32)/t24-/m1/s1. The Balaban J connectivity index is 1.71. The van der Waals surface area contributed by atoms with Crippen LogP contribution in [0.2, 0.25) is 5.02 Å². The average Bonchev–Trinajstić information content (AvgIpc) is 3.05. The van der Waals surface area contributed by atoms with Crippen molar-refractivity contribution in [2.24, 2.45) is 0 Å². The van der Waals surface area contributed by atoms with E-state index in [9.17, 15) is 14.4 Å². The first kappa shape index (κ1) is 23.3. The molecule has 1 aliphatic heterocycles. The second-order valence-corrected chi connectivity index (χ2v) is 9.39. The fourth-order valence-corrected chi connectivity index (χ4v) is 4.94. The highest BCUT2D eigenvalue weighted by molar-refractivity contribution is 6.31. The Kier molecular flexibility index (Phi) is 6.74. The number of halogens is 1. The molecule has 4 rings (SSSR count). The summed E-state index contributed by atoms with van der Waals surface area (Å²) in [4.78, 5) is 45.3. The quantitative estimate of drug-likeness (QED) is 0.530. The number of hydrogen-bond donors (Lipinski definition) is 1. The van der Waals surface area contributed by atoms with Crippen molar-refractivity contribution >= 4 is 29.4 Å². The Morgan fingerprint density at radius 2 is 1.91 bits per heavy atom. The van der Waals surface area contributed by atoms with Gasteiger partial charge in [-0.25, -0.2) is 9.78 Å². The van der Waals surface area contributed by atoms with Crippen LogP contribution < -0.4 is 5.32 Å². The largest absolute Gasteiger partial charge is 0.464 e. The molecule has 1 aromatic carbocycles. The van der Waals surface area contributed by atoms with Gasteiger partial charge in [0.2, 0.25) is 5.91 Å². The number of methoxy groups -OCH3 is 1. The van der Waals surface area contributed by atoms with Crippen LogP contribution in [0.5, 0.6) is 0 Å². The van der Waals surface area contributed by atoms with Gasteiger partial charge in [-0.15, -0.1) is 0 Å². The zero-order valence-electron chi connectivity index (χ0n) is 19.0. The number of amides is 2. The van der Waals surface area contributed by atoms with E-state index in [4.69, 9.17) is 16.3 Å². The maximum Gasteiger partial charge on any atom is 0.359 e. The minimum atomic E-state index is -1.19. The maximum atomic E-state index is 13.7. The molecule has 176 valence electrons. The third-order valence-electron chi connectivity index (χ3n) is 6.70. The van der Waals surface area contributed by atoms with Crippen LogP contribution in [-0.2, 0) is 22.6 Å². The van der Waals surface area contributed by atoms with Gasteiger partial charge in [-0.2, -0.15) is 0 Å². The molecule has 2 aliphatic rings. The van der Waals surface area contributed by atoms with E-state index in [1.807, 2.05) is 18.2 Å². The summed E-state index contributed by atoms with van der Waals surface area (Å²) in [6.45, 7) is 2.05. The van der Waals surface area contributed by atoms with Crippen LogP contribution in [0.4, 0.5) is 0 Å². The van der Waals surface area contributed by atoms with Gasteiger partial charge in [-0.05, 0) is 31.4 Å². The third kappa shape index (κ3) is 4.49. The minimum Gasteiger partial charge on any atom is -0.464 e. The maximum absolute atomic E-state index is 13.7. The first-order valence-electron chi connectivity index (χ1n) is 11.3. The van der Waals surface area contributed by atoms with Crippen LogP contribution in [0.25, 0.3) is 0 Å². The van der Waals surface area contributed by atoms with E-state index in [-0.39, 0.29) is 36.4 Å². The molecule has 1 saturated carbocycles. The van der Waals surface area contributed by atoms with Crippen molar-refractivity contribution < 1.29 is 19.1 Å². The normalized spacial score (nSPS) is 21.3. The van der Waals surface area contributed by atoms with Crippen molar-refractivity contribution in [2.45, 2.75) is 70.1 Å². The molecule has 2 aromatic rings. The van der Waals surface area contributed by atoms with Crippen LogP contribution in [-0.4, -0.2) is 50.9 Å². The molecule has 1 atom stereocenters. The molecule has 1 aromatic heterocycles. The molecule has 2 heterocycles. The molecule has 1 aliphatic carbocycles. The first-order valence-corrected chi connectivity index (χ1v) is 11.7. The molecule has 0 saturated heterocycles. The Hall–Kier alpha value is -2.87. The fraction of sp³-hybridized carbons (Fsp3) is 0.500. The molecule has 0 spiro atoms.